The van der Waals surface area contributed by atoms with Gasteiger partial charge in [0.1, 0.15) is 11.6 Å². The first-order chi connectivity index (χ1) is 9.61. The molecule has 1 aliphatic carbocycles. The van der Waals surface area contributed by atoms with Gasteiger partial charge in [0.15, 0.2) is 6.61 Å². The van der Waals surface area contributed by atoms with Crippen LogP contribution in [0.2, 0.25) is 0 Å². The quantitative estimate of drug-likeness (QED) is 0.649. The fourth-order valence-corrected chi connectivity index (χ4v) is 2.41. The van der Waals surface area contributed by atoms with Gasteiger partial charge in [0, 0.05) is 0 Å². The van der Waals surface area contributed by atoms with Gasteiger partial charge in [-0.25, -0.2) is 0 Å². The van der Waals surface area contributed by atoms with E-state index in [1.54, 1.807) is 0 Å². The zero-order valence-corrected chi connectivity index (χ0v) is 12.0. The third-order valence-electron chi connectivity index (χ3n) is 3.30. The van der Waals surface area contributed by atoms with E-state index in [0.717, 1.165) is 25.0 Å². The first-order valence-corrected chi connectivity index (χ1v) is 7.03. The second kappa shape index (κ2) is 6.61. The third-order valence-corrected chi connectivity index (χ3v) is 3.54. The highest BCUT2D eigenvalue weighted by Gasteiger charge is 2.18. The van der Waals surface area contributed by atoms with Crippen molar-refractivity contribution in [3.05, 3.63) is 28.8 Å². The zero-order valence-electron chi connectivity index (χ0n) is 11.3. The molecule has 0 spiro atoms. The third kappa shape index (κ3) is 3.42. The lowest BCUT2D eigenvalue weighted by Crippen LogP contribution is -2.44. The van der Waals surface area contributed by atoms with E-state index >= 15 is 0 Å². The highest BCUT2D eigenvalue weighted by atomic mass is 35.5. The van der Waals surface area contributed by atoms with E-state index in [1.807, 2.05) is 12.1 Å². The van der Waals surface area contributed by atoms with Crippen LogP contribution in [0, 0.1) is 6.92 Å². The molecule has 6 heteroatoms. The zero-order chi connectivity index (χ0) is 14.5. The SMILES string of the molecule is Cc1ccc(OCC(=O)NNC(=O)CCl)c2c1CCC2. The Kier molecular flexibility index (Phi) is 4.84. The Bertz CT molecular complexity index is 531. The average Bonchev–Trinajstić information content (AvgIpc) is 2.94. The number of benzene rings is 1. The predicted molar refractivity (Wildman–Crippen MR) is 75.7 cm³/mol. The van der Waals surface area contributed by atoms with Gasteiger partial charge < -0.3 is 4.74 Å². The summed E-state index contributed by atoms with van der Waals surface area (Å²) in [6, 6.07) is 3.90. The first kappa shape index (κ1) is 14.7. The summed E-state index contributed by atoms with van der Waals surface area (Å²) in [6.45, 7) is 1.94. The number of carbonyl (C=O) groups excluding carboxylic acids is 2. The number of halogens is 1. The maximum atomic E-state index is 11.5. The number of alkyl halides is 1. The van der Waals surface area contributed by atoms with Crippen LogP contribution in [0.1, 0.15) is 23.1 Å². The molecule has 1 aromatic rings. The Hall–Kier alpha value is -1.75. The number of fused-ring (bicyclic) bond motifs is 1. The van der Waals surface area contributed by atoms with Gasteiger partial charge in [0.05, 0.1) is 0 Å². The summed E-state index contributed by atoms with van der Waals surface area (Å²) in [7, 11) is 0. The van der Waals surface area contributed by atoms with Crippen molar-refractivity contribution in [1.29, 1.82) is 0 Å². The molecule has 0 unspecified atom stereocenters. The van der Waals surface area contributed by atoms with E-state index in [0.29, 0.717) is 0 Å². The molecule has 20 heavy (non-hydrogen) atoms. The molecule has 0 aromatic heterocycles. The smallest absolute Gasteiger partial charge is 0.276 e. The number of carbonyl (C=O) groups is 2. The van der Waals surface area contributed by atoms with Gasteiger partial charge >= 0.3 is 0 Å². The van der Waals surface area contributed by atoms with Crippen LogP contribution in [-0.2, 0) is 22.4 Å². The molecule has 0 fully saturated rings. The maximum absolute atomic E-state index is 11.5. The molecule has 1 aliphatic rings. The van der Waals surface area contributed by atoms with E-state index in [4.69, 9.17) is 16.3 Å². The molecule has 2 N–H and O–H groups in total. The highest BCUT2D eigenvalue weighted by molar-refractivity contribution is 6.27. The fraction of sp³-hybridized carbons (Fsp3) is 0.429. The lowest BCUT2D eigenvalue weighted by molar-refractivity contribution is -0.128. The minimum Gasteiger partial charge on any atom is -0.483 e. The van der Waals surface area contributed by atoms with Crippen LogP contribution in [0.5, 0.6) is 5.75 Å². The molecule has 0 heterocycles. The van der Waals surface area contributed by atoms with Gasteiger partial charge in [0.2, 0.25) is 0 Å². The number of hydrazine groups is 1. The normalized spacial score (nSPS) is 12.7. The molecule has 1 aromatic carbocycles. The van der Waals surface area contributed by atoms with Gasteiger partial charge in [-0.1, -0.05) is 6.07 Å². The van der Waals surface area contributed by atoms with Crippen LogP contribution in [0.25, 0.3) is 0 Å². The molecule has 2 rings (SSSR count). The Morgan fingerprint density at radius 2 is 1.90 bits per heavy atom. The van der Waals surface area contributed by atoms with Gasteiger partial charge in [0.25, 0.3) is 11.8 Å². The number of hydrogen-bond acceptors (Lipinski definition) is 3. The van der Waals surface area contributed by atoms with E-state index in [1.165, 1.54) is 16.7 Å². The number of hydrogen-bond donors (Lipinski definition) is 2. The minimum atomic E-state index is -0.462. The Morgan fingerprint density at radius 1 is 1.20 bits per heavy atom. The summed E-state index contributed by atoms with van der Waals surface area (Å²) < 4.78 is 5.54. The number of ether oxygens (including phenoxy) is 1. The number of aryl methyl sites for hydroxylation is 1. The van der Waals surface area contributed by atoms with Crippen LogP contribution < -0.4 is 15.6 Å². The van der Waals surface area contributed by atoms with E-state index in [-0.39, 0.29) is 12.5 Å². The predicted octanol–water partition coefficient (Wildman–Crippen LogP) is 1.25. The molecular weight excluding hydrogens is 280 g/mol. The molecule has 5 nitrogen and oxygen atoms in total. The number of rotatable bonds is 4. The second-order valence-electron chi connectivity index (χ2n) is 4.71. The summed E-state index contributed by atoms with van der Waals surface area (Å²) in [5, 5.41) is 0. The Morgan fingerprint density at radius 3 is 2.65 bits per heavy atom. The Balaban J connectivity index is 1.90. The molecule has 108 valence electrons. The molecule has 0 atom stereocenters. The van der Waals surface area contributed by atoms with Crippen molar-refractivity contribution in [2.24, 2.45) is 0 Å². The largest absolute Gasteiger partial charge is 0.483 e. The molecule has 0 bridgehead atoms. The molecular formula is C14H17ClN2O3. The van der Waals surface area contributed by atoms with Crippen LogP contribution in [-0.4, -0.2) is 24.3 Å². The summed E-state index contributed by atoms with van der Waals surface area (Å²) >= 11 is 5.29. The van der Waals surface area contributed by atoms with Crippen molar-refractivity contribution in [1.82, 2.24) is 10.9 Å². The van der Waals surface area contributed by atoms with Crippen molar-refractivity contribution < 1.29 is 14.3 Å². The second-order valence-corrected chi connectivity index (χ2v) is 4.98. The minimum absolute atomic E-state index is 0.141. The lowest BCUT2D eigenvalue weighted by Gasteiger charge is -2.12. The summed E-state index contributed by atoms with van der Waals surface area (Å²) in [5.41, 5.74) is 8.21. The van der Waals surface area contributed by atoms with Crippen molar-refractivity contribution in [2.75, 3.05) is 12.5 Å². The van der Waals surface area contributed by atoms with Crippen LogP contribution >= 0.6 is 11.6 Å². The highest BCUT2D eigenvalue weighted by Crippen LogP contribution is 2.32. The summed E-state index contributed by atoms with van der Waals surface area (Å²) in [6.07, 6.45) is 3.17. The van der Waals surface area contributed by atoms with Gasteiger partial charge in [-0.05, 0) is 48.9 Å². The molecule has 0 aliphatic heterocycles. The van der Waals surface area contributed by atoms with E-state index in [2.05, 4.69) is 17.8 Å². The number of amides is 2. The molecule has 0 radical (unpaired) electrons. The topological polar surface area (TPSA) is 67.4 Å². The van der Waals surface area contributed by atoms with Gasteiger partial charge in [-0.2, -0.15) is 0 Å². The standard InChI is InChI=1S/C14H17ClN2O3/c1-9-5-6-12(11-4-2-3-10(9)11)20-8-14(19)17-16-13(18)7-15/h5-6H,2-4,7-8H2,1H3,(H,16,18)(H,17,19). The monoisotopic (exact) mass is 296 g/mol. The summed E-state index contributed by atoms with van der Waals surface area (Å²) in [5.74, 6) is -0.332. The fourth-order valence-electron chi connectivity index (χ4n) is 2.34. The summed E-state index contributed by atoms with van der Waals surface area (Å²) in [4.78, 5) is 22.4. The van der Waals surface area contributed by atoms with Crippen LogP contribution in [0.15, 0.2) is 12.1 Å². The van der Waals surface area contributed by atoms with Crippen molar-refractivity contribution in [3.8, 4) is 5.75 Å². The van der Waals surface area contributed by atoms with Gasteiger partial charge in [-0.15, -0.1) is 11.6 Å². The molecule has 2 amide bonds. The maximum Gasteiger partial charge on any atom is 0.276 e. The van der Waals surface area contributed by atoms with E-state index in [9.17, 15) is 9.59 Å². The van der Waals surface area contributed by atoms with Crippen LogP contribution in [0.3, 0.4) is 0 Å². The molecule has 0 saturated heterocycles. The first-order valence-electron chi connectivity index (χ1n) is 6.49. The van der Waals surface area contributed by atoms with Crippen molar-refractivity contribution in [2.45, 2.75) is 26.2 Å². The van der Waals surface area contributed by atoms with Gasteiger partial charge in [-0.3, -0.25) is 20.4 Å². The Labute approximate surface area is 122 Å². The van der Waals surface area contributed by atoms with Crippen molar-refractivity contribution in [3.63, 3.8) is 0 Å². The number of nitrogens with one attached hydrogen (secondary N) is 2. The van der Waals surface area contributed by atoms with Crippen molar-refractivity contribution >= 4 is 23.4 Å². The van der Waals surface area contributed by atoms with Crippen LogP contribution in [0.4, 0.5) is 0 Å². The molecule has 0 saturated carbocycles. The van der Waals surface area contributed by atoms with E-state index < -0.39 is 11.8 Å². The average molecular weight is 297 g/mol. The lowest BCUT2D eigenvalue weighted by atomic mass is 10.0.